The summed E-state index contributed by atoms with van der Waals surface area (Å²) in [5, 5.41) is 10.8. The molecule has 5 nitrogen and oxygen atoms in total. The summed E-state index contributed by atoms with van der Waals surface area (Å²) in [6, 6.07) is -0.252. The molecule has 0 aromatic rings. The van der Waals surface area contributed by atoms with Crippen molar-refractivity contribution in [1.82, 2.24) is 0 Å². The predicted octanol–water partition coefficient (Wildman–Crippen LogP) is 0.186. The summed E-state index contributed by atoms with van der Waals surface area (Å²) in [6.07, 6.45) is 11.1. The topological polar surface area (TPSA) is 52.0 Å². The highest BCUT2D eigenvalue weighted by Crippen LogP contribution is 2.24. The van der Waals surface area contributed by atoms with Gasteiger partial charge in [0.05, 0.1) is 13.1 Å². The number of hydrogen-bond acceptors (Lipinski definition) is 2. The van der Waals surface area contributed by atoms with Crippen molar-refractivity contribution in [2.45, 2.75) is 63.8 Å². The van der Waals surface area contributed by atoms with Crippen molar-refractivity contribution in [3.63, 3.8) is 0 Å². The number of nitrogens with one attached hydrogen (secondary N) is 2. The van der Waals surface area contributed by atoms with Gasteiger partial charge in [0.25, 0.3) is 0 Å². The fraction of sp³-hybridized carbons (Fsp3) is 1.00. The second-order valence-electron chi connectivity index (χ2n) is 8.37. The highest BCUT2D eigenvalue weighted by Gasteiger charge is 2.32. The Morgan fingerprint density at radius 2 is 1.22 bits per heavy atom. The number of nitrogens with zero attached hydrogens (tertiary/aromatic N) is 1. The van der Waals surface area contributed by atoms with E-state index >= 15 is 0 Å². The van der Waals surface area contributed by atoms with Crippen molar-refractivity contribution < 1.29 is 14.7 Å². The summed E-state index contributed by atoms with van der Waals surface area (Å²) in [4.78, 5) is 14.4. The Bertz CT molecular complexity index is 368. The van der Waals surface area contributed by atoms with Crippen LogP contribution in [0, 0.1) is 22.0 Å². The Morgan fingerprint density at radius 3 is 1.70 bits per heavy atom. The smallest absolute Gasteiger partial charge is 0.213 e. The minimum Gasteiger partial charge on any atom is -0.325 e. The summed E-state index contributed by atoms with van der Waals surface area (Å²) in [7, 11) is 0. The molecule has 0 unspecified atom stereocenters. The van der Waals surface area contributed by atoms with E-state index < -0.39 is 0 Å². The summed E-state index contributed by atoms with van der Waals surface area (Å²) in [6.45, 7) is 8.00. The van der Waals surface area contributed by atoms with E-state index in [1.165, 1.54) is 71.4 Å². The minimum absolute atomic E-state index is 0.0591. The van der Waals surface area contributed by atoms with E-state index in [-0.39, 0.29) is 11.0 Å². The second-order valence-corrected chi connectivity index (χ2v) is 8.37. The van der Waals surface area contributed by atoms with Crippen molar-refractivity contribution in [2.24, 2.45) is 11.8 Å². The maximum atomic E-state index is 10.8. The van der Waals surface area contributed by atoms with Crippen molar-refractivity contribution in [3.05, 3.63) is 10.1 Å². The van der Waals surface area contributed by atoms with Gasteiger partial charge in [0, 0.05) is 29.6 Å². The highest BCUT2D eigenvalue weighted by atomic mass is 16.6. The van der Waals surface area contributed by atoms with E-state index in [1.54, 1.807) is 4.90 Å². The lowest BCUT2D eigenvalue weighted by atomic mass is 9.86. The van der Waals surface area contributed by atoms with E-state index in [1.807, 2.05) is 4.90 Å². The molecular weight excluding hydrogens is 290 g/mol. The Kier molecular flexibility index (Phi) is 6.29. The molecule has 1 heterocycles. The zero-order chi connectivity index (χ0) is 16.1. The average Bonchev–Trinajstić information content (AvgIpc) is 2.58. The first-order valence-corrected chi connectivity index (χ1v) is 10.0. The maximum Gasteiger partial charge on any atom is 0.213 e. The fourth-order valence-corrected chi connectivity index (χ4v) is 5.13. The third-order valence-corrected chi connectivity index (χ3v) is 6.66. The Balaban J connectivity index is 1.32. The molecule has 2 N–H and O–H groups in total. The van der Waals surface area contributed by atoms with Crippen LogP contribution in [0.15, 0.2) is 0 Å². The molecule has 3 aliphatic rings. The molecule has 132 valence electrons. The lowest BCUT2D eigenvalue weighted by molar-refractivity contribution is -1.01. The second kappa shape index (κ2) is 8.43. The van der Waals surface area contributed by atoms with Gasteiger partial charge in [0.2, 0.25) is 6.04 Å². The van der Waals surface area contributed by atoms with Crippen LogP contribution in [0.3, 0.4) is 0 Å². The molecule has 5 heteroatoms. The molecule has 0 radical (unpaired) electrons. The highest BCUT2D eigenvalue weighted by molar-refractivity contribution is 4.71. The molecule has 23 heavy (non-hydrogen) atoms. The maximum absolute atomic E-state index is 10.8. The molecule has 2 saturated carbocycles. The Labute approximate surface area is 140 Å². The van der Waals surface area contributed by atoms with Gasteiger partial charge >= 0.3 is 0 Å². The van der Waals surface area contributed by atoms with Gasteiger partial charge in [-0.05, 0) is 25.7 Å². The molecule has 1 aliphatic heterocycles. The molecule has 3 rings (SSSR count). The molecular formula is C18H35N3O2+2. The van der Waals surface area contributed by atoms with Crippen LogP contribution in [0.1, 0.15) is 57.8 Å². The predicted molar refractivity (Wildman–Crippen MR) is 90.4 cm³/mol. The van der Waals surface area contributed by atoms with Crippen molar-refractivity contribution >= 4 is 0 Å². The first kappa shape index (κ1) is 17.2. The third-order valence-electron chi connectivity index (χ3n) is 6.66. The van der Waals surface area contributed by atoms with Crippen LogP contribution < -0.4 is 9.80 Å². The van der Waals surface area contributed by atoms with Crippen molar-refractivity contribution in [3.8, 4) is 0 Å². The van der Waals surface area contributed by atoms with Crippen LogP contribution in [0.4, 0.5) is 0 Å². The van der Waals surface area contributed by atoms with E-state index in [2.05, 4.69) is 0 Å². The Hall–Kier alpha value is -0.680. The van der Waals surface area contributed by atoms with Gasteiger partial charge in [0.1, 0.15) is 26.2 Å². The summed E-state index contributed by atoms with van der Waals surface area (Å²) < 4.78 is 0. The molecule has 0 aromatic carbocycles. The van der Waals surface area contributed by atoms with E-state index in [9.17, 15) is 10.1 Å². The molecule has 0 atom stereocenters. The van der Waals surface area contributed by atoms with Crippen LogP contribution in [0.5, 0.6) is 0 Å². The van der Waals surface area contributed by atoms with Gasteiger partial charge in [0.15, 0.2) is 0 Å². The Morgan fingerprint density at radius 1 is 0.739 bits per heavy atom. The normalized spacial score (nSPS) is 36.7. The SMILES string of the molecule is O=[N+]([O-])C1CCC(C[NH+]2CC[NH+](CC3CCCCC3)CC2)CC1. The molecule has 3 fully saturated rings. The van der Waals surface area contributed by atoms with Crippen LogP contribution >= 0.6 is 0 Å². The van der Waals surface area contributed by atoms with Gasteiger partial charge in [-0.2, -0.15) is 0 Å². The van der Waals surface area contributed by atoms with E-state index in [0.29, 0.717) is 0 Å². The van der Waals surface area contributed by atoms with Gasteiger partial charge in [-0.15, -0.1) is 0 Å². The lowest BCUT2D eigenvalue weighted by Gasteiger charge is -2.35. The molecule has 0 bridgehead atoms. The molecule has 0 aromatic heterocycles. The number of hydrogen-bond donors (Lipinski definition) is 2. The number of quaternary nitrogens is 2. The third kappa shape index (κ3) is 5.15. The number of nitro groups is 1. The van der Waals surface area contributed by atoms with Crippen molar-refractivity contribution in [1.29, 1.82) is 0 Å². The average molecular weight is 325 g/mol. The van der Waals surface area contributed by atoms with Crippen molar-refractivity contribution in [2.75, 3.05) is 39.3 Å². The molecule has 0 spiro atoms. The van der Waals surface area contributed by atoms with E-state index in [0.717, 1.165) is 37.5 Å². The van der Waals surface area contributed by atoms with Crippen LogP contribution in [0.25, 0.3) is 0 Å². The monoisotopic (exact) mass is 325 g/mol. The zero-order valence-electron chi connectivity index (χ0n) is 14.6. The zero-order valence-corrected chi connectivity index (χ0v) is 14.6. The quantitative estimate of drug-likeness (QED) is 0.560. The van der Waals surface area contributed by atoms with Crippen LogP contribution in [-0.4, -0.2) is 50.2 Å². The minimum atomic E-state index is -0.252. The summed E-state index contributed by atoms with van der Waals surface area (Å²) in [5.41, 5.74) is 0. The molecule has 1 saturated heterocycles. The first-order chi connectivity index (χ1) is 11.2. The van der Waals surface area contributed by atoms with Gasteiger partial charge in [-0.3, -0.25) is 10.1 Å². The number of rotatable bonds is 5. The fourth-order valence-electron chi connectivity index (χ4n) is 5.13. The van der Waals surface area contributed by atoms with Gasteiger partial charge in [-0.25, -0.2) is 0 Å². The largest absolute Gasteiger partial charge is 0.325 e. The van der Waals surface area contributed by atoms with Crippen LogP contribution in [-0.2, 0) is 0 Å². The lowest BCUT2D eigenvalue weighted by Crippen LogP contribution is -3.28. The summed E-state index contributed by atoms with van der Waals surface area (Å²) in [5.74, 6) is 1.74. The number of piperazine rings is 1. The van der Waals surface area contributed by atoms with Crippen LogP contribution in [0.2, 0.25) is 0 Å². The van der Waals surface area contributed by atoms with E-state index in [4.69, 9.17) is 0 Å². The standard InChI is InChI=1S/C18H33N3O2/c22-21(23)18-8-6-17(7-9-18)15-20-12-10-19(11-13-20)14-16-4-2-1-3-5-16/h16-18H,1-15H2/p+2. The molecule has 0 amide bonds. The van der Waals surface area contributed by atoms with Gasteiger partial charge in [-0.1, -0.05) is 19.3 Å². The summed E-state index contributed by atoms with van der Waals surface area (Å²) >= 11 is 0. The molecule has 2 aliphatic carbocycles. The first-order valence-electron chi connectivity index (χ1n) is 10.0. The van der Waals surface area contributed by atoms with Gasteiger partial charge < -0.3 is 9.80 Å².